The molecule has 4 N–H and O–H groups in total. The van der Waals surface area contributed by atoms with Crippen LogP contribution in [-0.4, -0.2) is 22.6 Å². The van der Waals surface area contributed by atoms with Crippen LogP contribution in [-0.2, 0) is 6.42 Å². The molecule has 5 nitrogen and oxygen atoms in total. The maximum Gasteiger partial charge on any atom is 0.166 e. The molecule has 3 rings (SSSR count). The van der Waals surface area contributed by atoms with Gasteiger partial charge in [0, 0.05) is 24.1 Å². The predicted molar refractivity (Wildman–Crippen MR) is 69.0 cm³/mol. The van der Waals surface area contributed by atoms with Crippen molar-refractivity contribution in [2.75, 3.05) is 12.3 Å². The summed E-state index contributed by atoms with van der Waals surface area (Å²) in [6.07, 6.45) is 3.42. The van der Waals surface area contributed by atoms with Crippen molar-refractivity contribution < 1.29 is 9.13 Å². The number of aromatic nitrogens is 2. The molecular formula is C13H13FN4O. The van der Waals surface area contributed by atoms with E-state index in [1.807, 2.05) is 6.07 Å². The fourth-order valence-electron chi connectivity index (χ4n) is 2.15. The lowest BCUT2D eigenvalue weighted by molar-refractivity contribution is 0.232. The first-order valence-electron chi connectivity index (χ1n) is 5.94. The van der Waals surface area contributed by atoms with Crippen LogP contribution in [0, 0.1) is 5.82 Å². The highest BCUT2D eigenvalue weighted by Gasteiger charge is 2.25. The second kappa shape index (κ2) is 4.47. The van der Waals surface area contributed by atoms with E-state index >= 15 is 0 Å². The van der Waals surface area contributed by atoms with E-state index < -0.39 is 5.82 Å². The average molecular weight is 260 g/mol. The quantitative estimate of drug-likeness (QED) is 0.845. The summed E-state index contributed by atoms with van der Waals surface area (Å²) in [5.74, 6) is 0.224. The molecular weight excluding hydrogens is 247 g/mol. The monoisotopic (exact) mass is 260 g/mol. The van der Waals surface area contributed by atoms with Gasteiger partial charge < -0.3 is 16.2 Å². The van der Waals surface area contributed by atoms with E-state index in [-0.39, 0.29) is 6.10 Å². The Bertz CT molecular complexity index is 615. The number of hydrogen-bond acceptors (Lipinski definition) is 5. The number of nitrogens with zero attached hydrogens (tertiary/aromatic N) is 2. The van der Waals surface area contributed by atoms with Gasteiger partial charge in [-0.05, 0) is 12.1 Å². The summed E-state index contributed by atoms with van der Waals surface area (Å²) < 4.78 is 19.4. The molecule has 1 aliphatic heterocycles. The standard InChI is InChI=1S/C13H13FN4O/c14-10-3-7(11-5-18-12(16)6-17-11)1-8-2-9(4-15)19-13(8)10/h1,3,5-6,9H,2,4,15H2,(H2,16,18)/t9-/m0/s1. The Labute approximate surface area is 109 Å². The van der Waals surface area contributed by atoms with Gasteiger partial charge in [-0.3, -0.25) is 4.98 Å². The first-order chi connectivity index (χ1) is 9.17. The molecule has 19 heavy (non-hydrogen) atoms. The van der Waals surface area contributed by atoms with Crippen molar-refractivity contribution >= 4 is 5.82 Å². The molecule has 2 aromatic rings. The SMILES string of the molecule is NC[C@@H]1Cc2cc(-c3cnc(N)cn3)cc(F)c2O1. The Morgan fingerprint density at radius 1 is 1.32 bits per heavy atom. The highest BCUT2D eigenvalue weighted by molar-refractivity contribution is 5.63. The van der Waals surface area contributed by atoms with Gasteiger partial charge in [0.2, 0.25) is 0 Å². The second-order valence-electron chi connectivity index (χ2n) is 4.45. The summed E-state index contributed by atoms with van der Waals surface area (Å²) in [4.78, 5) is 8.09. The summed E-state index contributed by atoms with van der Waals surface area (Å²) in [5, 5.41) is 0. The van der Waals surface area contributed by atoms with Crippen molar-refractivity contribution in [3.63, 3.8) is 0 Å². The van der Waals surface area contributed by atoms with Gasteiger partial charge in [-0.25, -0.2) is 9.37 Å². The number of rotatable bonds is 2. The Morgan fingerprint density at radius 3 is 2.84 bits per heavy atom. The van der Waals surface area contributed by atoms with Gasteiger partial charge in [0.1, 0.15) is 11.9 Å². The van der Waals surface area contributed by atoms with Crippen molar-refractivity contribution in [2.45, 2.75) is 12.5 Å². The minimum atomic E-state index is -0.401. The molecule has 0 saturated heterocycles. The van der Waals surface area contributed by atoms with Gasteiger partial charge in [-0.15, -0.1) is 0 Å². The molecule has 1 atom stereocenters. The summed E-state index contributed by atoms with van der Waals surface area (Å²) in [5.41, 5.74) is 13.1. The fourth-order valence-corrected chi connectivity index (χ4v) is 2.15. The van der Waals surface area contributed by atoms with E-state index in [2.05, 4.69) is 9.97 Å². The lowest BCUT2D eigenvalue weighted by Gasteiger charge is -2.07. The summed E-state index contributed by atoms with van der Waals surface area (Å²) in [6, 6.07) is 3.24. The van der Waals surface area contributed by atoms with E-state index in [0.717, 1.165) is 5.56 Å². The van der Waals surface area contributed by atoms with Crippen molar-refractivity contribution in [3.05, 3.63) is 35.9 Å². The van der Waals surface area contributed by atoms with E-state index in [9.17, 15) is 4.39 Å². The molecule has 0 amide bonds. The second-order valence-corrected chi connectivity index (χ2v) is 4.45. The minimum absolute atomic E-state index is 0.155. The number of fused-ring (bicyclic) bond motifs is 1. The van der Waals surface area contributed by atoms with E-state index in [0.29, 0.717) is 35.8 Å². The van der Waals surface area contributed by atoms with Crippen LogP contribution in [0.25, 0.3) is 11.3 Å². The maximum absolute atomic E-state index is 14.0. The molecule has 1 aromatic heterocycles. The number of hydrogen-bond donors (Lipinski definition) is 2. The summed E-state index contributed by atoms with van der Waals surface area (Å²) >= 11 is 0. The average Bonchev–Trinajstić information content (AvgIpc) is 2.83. The maximum atomic E-state index is 14.0. The Kier molecular flexibility index (Phi) is 2.79. The van der Waals surface area contributed by atoms with E-state index in [1.54, 1.807) is 0 Å². The van der Waals surface area contributed by atoms with Crippen molar-refractivity contribution in [2.24, 2.45) is 5.73 Å². The van der Waals surface area contributed by atoms with Crippen molar-refractivity contribution in [1.82, 2.24) is 9.97 Å². The zero-order chi connectivity index (χ0) is 13.4. The van der Waals surface area contributed by atoms with Crippen molar-refractivity contribution in [3.8, 4) is 17.0 Å². The van der Waals surface area contributed by atoms with Crippen LogP contribution in [0.15, 0.2) is 24.5 Å². The molecule has 2 heterocycles. The third-order valence-corrected chi connectivity index (χ3v) is 3.08. The first-order valence-corrected chi connectivity index (χ1v) is 5.94. The zero-order valence-corrected chi connectivity index (χ0v) is 10.1. The molecule has 0 spiro atoms. The number of anilines is 1. The molecule has 0 fully saturated rings. The molecule has 0 bridgehead atoms. The van der Waals surface area contributed by atoms with Gasteiger partial charge in [0.05, 0.1) is 18.1 Å². The topological polar surface area (TPSA) is 87.0 Å². The van der Waals surface area contributed by atoms with Gasteiger partial charge in [0.15, 0.2) is 11.6 Å². The predicted octanol–water partition coefficient (Wildman–Crippen LogP) is 1.13. The number of halogens is 1. The minimum Gasteiger partial charge on any atom is -0.485 e. The van der Waals surface area contributed by atoms with Crippen LogP contribution in [0.3, 0.4) is 0 Å². The van der Waals surface area contributed by atoms with Crippen molar-refractivity contribution in [1.29, 1.82) is 0 Å². The lowest BCUT2D eigenvalue weighted by Crippen LogP contribution is -2.24. The molecule has 0 radical (unpaired) electrons. The molecule has 1 aliphatic rings. The van der Waals surface area contributed by atoms with Gasteiger partial charge in [0.25, 0.3) is 0 Å². The fraction of sp³-hybridized carbons (Fsp3) is 0.231. The van der Waals surface area contributed by atoms with Crippen LogP contribution >= 0.6 is 0 Å². The Hall–Kier alpha value is -2.21. The zero-order valence-electron chi connectivity index (χ0n) is 10.1. The lowest BCUT2D eigenvalue weighted by atomic mass is 10.0. The number of ether oxygens (including phenoxy) is 1. The highest BCUT2D eigenvalue weighted by Crippen LogP contribution is 2.35. The third-order valence-electron chi connectivity index (χ3n) is 3.08. The highest BCUT2D eigenvalue weighted by atomic mass is 19.1. The Balaban J connectivity index is 2.02. The van der Waals surface area contributed by atoms with Crippen LogP contribution < -0.4 is 16.2 Å². The Morgan fingerprint density at radius 2 is 2.16 bits per heavy atom. The van der Waals surface area contributed by atoms with Crippen LogP contribution in [0.5, 0.6) is 5.75 Å². The molecule has 0 aliphatic carbocycles. The number of nitrogen functional groups attached to an aromatic ring is 1. The molecule has 0 saturated carbocycles. The molecule has 98 valence electrons. The number of benzene rings is 1. The molecule has 1 aromatic carbocycles. The summed E-state index contributed by atoms with van der Waals surface area (Å²) in [7, 11) is 0. The third kappa shape index (κ3) is 2.10. The van der Waals surface area contributed by atoms with E-state index in [1.165, 1.54) is 18.5 Å². The molecule has 6 heteroatoms. The molecule has 0 unspecified atom stereocenters. The smallest absolute Gasteiger partial charge is 0.166 e. The first kappa shape index (κ1) is 11.9. The van der Waals surface area contributed by atoms with Crippen LogP contribution in [0.2, 0.25) is 0 Å². The summed E-state index contributed by atoms with van der Waals surface area (Å²) in [6.45, 7) is 0.366. The van der Waals surface area contributed by atoms with Crippen LogP contribution in [0.1, 0.15) is 5.56 Å². The number of nitrogens with two attached hydrogens (primary N) is 2. The van der Waals surface area contributed by atoms with Crippen LogP contribution in [0.4, 0.5) is 10.2 Å². The van der Waals surface area contributed by atoms with E-state index in [4.69, 9.17) is 16.2 Å². The van der Waals surface area contributed by atoms with Gasteiger partial charge >= 0.3 is 0 Å². The largest absolute Gasteiger partial charge is 0.485 e. The normalized spacial score (nSPS) is 17.1. The van der Waals surface area contributed by atoms with Gasteiger partial charge in [-0.2, -0.15) is 0 Å². The van der Waals surface area contributed by atoms with Gasteiger partial charge in [-0.1, -0.05) is 0 Å².